The van der Waals surface area contributed by atoms with Crippen molar-refractivity contribution < 1.29 is 6.85 Å². The molecule has 0 aliphatic rings. The molecule has 0 atom stereocenters. The van der Waals surface area contributed by atoms with Crippen LogP contribution >= 0.6 is 20.8 Å². The standard InChI is InChI=1S/C20H20BrP/c1-2-22(21,18-12-6-3-7-13-18,19-14-8-4-9-15-19)20-16-10-5-11-17-20/h3-17H,2H2,1H3/i1+1D3,2+1D2. The fourth-order valence-corrected chi connectivity index (χ4v) is 8.37. The third-order valence-electron chi connectivity index (χ3n) is 3.93. The van der Waals surface area contributed by atoms with Crippen LogP contribution in [0.25, 0.3) is 0 Å². The van der Waals surface area contributed by atoms with Crippen molar-refractivity contribution in [3.05, 3.63) is 91.0 Å². The molecule has 22 heavy (non-hydrogen) atoms. The van der Waals surface area contributed by atoms with Gasteiger partial charge in [0.2, 0.25) is 0 Å². The van der Waals surface area contributed by atoms with Crippen molar-refractivity contribution in [1.29, 1.82) is 0 Å². The van der Waals surface area contributed by atoms with Gasteiger partial charge in [0.05, 0.1) is 0 Å². The Morgan fingerprint density at radius 2 is 1.05 bits per heavy atom. The van der Waals surface area contributed by atoms with Gasteiger partial charge in [-0.3, -0.25) is 0 Å². The summed E-state index contributed by atoms with van der Waals surface area (Å²) < 4.78 is 42.4. The molecule has 0 unspecified atom stereocenters. The van der Waals surface area contributed by atoms with E-state index in [0.29, 0.717) is 15.9 Å². The molecule has 0 bridgehead atoms. The number of hydrogen-bond donors (Lipinski definition) is 0. The summed E-state index contributed by atoms with van der Waals surface area (Å²) in [4.78, 5) is 0. The molecule has 0 aliphatic carbocycles. The van der Waals surface area contributed by atoms with Crippen LogP contribution < -0.4 is 15.9 Å². The Labute approximate surface area is 147 Å². The molecule has 0 N–H and O–H groups in total. The van der Waals surface area contributed by atoms with Crippen LogP contribution in [-0.2, 0) is 0 Å². The fourth-order valence-electron chi connectivity index (χ4n) is 2.76. The normalized spacial score (nSPS) is 17.9. The van der Waals surface area contributed by atoms with Crippen molar-refractivity contribution in [2.45, 2.75) is 6.85 Å². The van der Waals surface area contributed by atoms with E-state index < -0.39 is 18.3 Å². The third kappa shape index (κ3) is 2.24. The molecule has 0 nitrogen and oxygen atoms in total. The van der Waals surface area contributed by atoms with Gasteiger partial charge in [0, 0.05) is 0 Å². The monoisotopic (exact) mass is 377 g/mol. The van der Waals surface area contributed by atoms with Crippen LogP contribution in [0, 0.1) is 0 Å². The first-order valence-corrected chi connectivity index (χ1v) is 11.3. The number of halogens is 1. The molecule has 2 heteroatoms. The van der Waals surface area contributed by atoms with E-state index in [9.17, 15) is 0 Å². The first-order valence-electron chi connectivity index (χ1n) is 9.55. The predicted molar refractivity (Wildman–Crippen MR) is 105 cm³/mol. The van der Waals surface area contributed by atoms with Crippen molar-refractivity contribution in [3.8, 4) is 0 Å². The van der Waals surface area contributed by atoms with E-state index in [1.165, 1.54) is 0 Å². The summed E-state index contributed by atoms with van der Waals surface area (Å²) >= 11 is 3.87. The molecule has 0 aromatic heterocycles. The Kier molecular flexibility index (Phi) is 2.82. The van der Waals surface area contributed by atoms with Crippen LogP contribution in [0.1, 0.15) is 13.7 Å². The molecule has 0 amide bonds. The average Bonchev–Trinajstić information content (AvgIpc) is 2.68. The summed E-state index contributed by atoms with van der Waals surface area (Å²) in [7, 11) is 0. The molecular weight excluding hydrogens is 353 g/mol. The van der Waals surface area contributed by atoms with E-state index in [1.807, 2.05) is 91.0 Å². The molecule has 0 saturated carbocycles. The van der Waals surface area contributed by atoms with E-state index >= 15 is 0 Å². The van der Waals surface area contributed by atoms with Gasteiger partial charge in [-0.05, 0) is 0 Å². The van der Waals surface area contributed by atoms with E-state index in [1.54, 1.807) is 0 Å². The topological polar surface area (TPSA) is 0 Å². The first-order chi connectivity index (χ1) is 12.6. The van der Waals surface area contributed by atoms with Crippen molar-refractivity contribution in [2.24, 2.45) is 0 Å². The molecule has 0 fully saturated rings. The third-order valence-corrected chi connectivity index (χ3v) is 12.4. The fraction of sp³-hybridized carbons (Fsp3) is 0.100. The Balaban J connectivity index is 2.60. The van der Waals surface area contributed by atoms with Gasteiger partial charge in [0.1, 0.15) is 0 Å². The van der Waals surface area contributed by atoms with Crippen molar-refractivity contribution in [1.82, 2.24) is 0 Å². The molecule has 112 valence electrons. The van der Waals surface area contributed by atoms with E-state index in [2.05, 4.69) is 15.5 Å². The second-order valence-corrected chi connectivity index (χ2v) is 13.2. The number of rotatable bonds is 4. The second kappa shape index (κ2) is 5.99. The van der Waals surface area contributed by atoms with Gasteiger partial charge in [-0.25, -0.2) is 0 Å². The Morgan fingerprint density at radius 3 is 1.32 bits per heavy atom. The van der Waals surface area contributed by atoms with Crippen LogP contribution in [0.15, 0.2) is 91.0 Å². The van der Waals surface area contributed by atoms with E-state index in [4.69, 9.17) is 6.85 Å². The SMILES string of the molecule is [2H][13C]([2H])([2H])[13C]([2H])([2H])P(Br)(c1ccccc1)(c1ccccc1)c1ccccc1. The quantitative estimate of drug-likeness (QED) is 0.450. The zero-order valence-corrected chi connectivity index (χ0v) is 14.5. The summed E-state index contributed by atoms with van der Waals surface area (Å²) in [5.41, 5.74) is 0. The molecule has 0 heterocycles. The Hall–Kier alpha value is -1.43. The average molecular weight is 378 g/mol. The van der Waals surface area contributed by atoms with Gasteiger partial charge in [-0.15, -0.1) is 0 Å². The molecule has 3 rings (SSSR count). The molecule has 3 aromatic rings. The van der Waals surface area contributed by atoms with Gasteiger partial charge >= 0.3 is 148 Å². The molecule has 0 spiro atoms. The number of hydrogen-bond acceptors (Lipinski definition) is 0. The zero-order valence-electron chi connectivity index (χ0n) is 17.0. The van der Waals surface area contributed by atoms with Gasteiger partial charge in [-0.2, -0.15) is 0 Å². The van der Waals surface area contributed by atoms with Crippen LogP contribution in [0.3, 0.4) is 0 Å². The van der Waals surface area contributed by atoms with Gasteiger partial charge in [-0.1, -0.05) is 0 Å². The van der Waals surface area contributed by atoms with Gasteiger partial charge < -0.3 is 0 Å². The minimum atomic E-state index is -4.23. The summed E-state index contributed by atoms with van der Waals surface area (Å²) in [6, 6.07) is 27.3. The van der Waals surface area contributed by atoms with Gasteiger partial charge in [0.25, 0.3) is 0 Å². The van der Waals surface area contributed by atoms with Gasteiger partial charge in [0.15, 0.2) is 0 Å². The molecule has 0 saturated heterocycles. The maximum absolute atomic E-state index is 9.01. The van der Waals surface area contributed by atoms with Crippen molar-refractivity contribution in [3.63, 3.8) is 0 Å². The zero-order chi connectivity index (χ0) is 19.8. The van der Waals surface area contributed by atoms with Crippen molar-refractivity contribution >= 4 is 36.7 Å². The van der Waals surface area contributed by atoms with Crippen molar-refractivity contribution in [2.75, 3.05) is 6.11 Å². The predicted octanol–water partition coefficient (Wildman–Crippen LogP) is 4.85. The Morgan fingerprint density at radius 1 is 0.727 bits per heavy atom. The molecule has 3 aromatic carbocycles. The summed E-state index contributed by atoms with van der Waals surface area (Å²) in [5, 5.41) is -2.30. The molecule has 0 radical (unpaired) electrons. The minimum absolute atomic E-state index is 0.641. The summed E-state index contributed by atoms with van der Waals surface area (Å²) in [6.07, 6.45) is -2.55. The molecular formula is C20H20BrP. The van der Waals surface area contributed by atoms with Crippen LogP contribution in [0.5, 0.6) is 0 Å². The summed E-state index contributed by atoms with van der Waals surface area (Å²) in [5.74, 6) is 0. The van der Waals surface area contributed by atoms with Crippen LogP contribution in [0.4, 0.5) is 0 Å². The van der Waals surface area contributed by atoms with Crippen LogP contribution in [-0.4, -0.2) is 6.11 Å². The van der Waals surface area contributed by atoms with Crippen LogP contribution in [0.2, 0.25) is 0 Å². The second-order valence-electron chi connectivity index (χ2n) is 5.13. The van der Waals surface area contributed by atoms with E-state index in [-0.39, 0.29) is 0 Å². The van der Waals surface area contributed by atoms with E-state index in [0.717, 1.165) is 0 Å². The molecule has 0 aliphatic heterocycles. The Bertz CT molecular complexity index is 812. The maximum atomic E-state index is 9.01. The number of benzene rings is 3. The first kappa shape index (κ1) is 10.4. The summed E-state index contributed by atoms with van der Waals surface area (Å²) in [6.45, 7) is -2.85.